The highest BCUT2D eigenvalue weighted by molar-refractivity contribution is 5.98. The number of carbonyl (C=O) groups is 1. The Balaban J connectivity index is 2.58. The number of Topliss-reactive ketones (excluding diaryl/α,β-unsaturated/α-hetero) is 1. The van der Waals surface area contributed by atoms with E-state index < -0.39 is 23.6 Å². The lowest BCUT2D eigenvalue weighted by Crippen LogP contribution is -2.39. The zero-order valence-electron chi connectivity index (χ0n) is 12.7. The molecule has 0 aliphatic carbocycles. The van der Waals surface area contributed by atoms with Gasteiger partial charge in [0.25, 0.3) is 0 Å². The molecule has 0 aromatic heterocycles. The second-order valence-corrected chi connectivity index (χ2v) is 5.21. The maximum absolute atomic E-state index is 13.1. The molecule has 1 aliphatic rings. The first-order chi connectivity index (χ1) is 10.8. The number of hydrogen-bond acceptors (Lipinski definition) is 3. The summed E-state index contributed by atoms with van der Waals surface area (Å²) in [5, 5.41) is 9.00. The normalized spacial score (nSPS) is 18.1. The SMILES string of the molecule is CCC1C=C(C(F)(F)F)C=C(C(C)=O)N1c1cccc(C#N)c1. The van der Waals surface area contributed by atoms with Crippen LogP contribution in [-0.4, -0.2) is 18.0 Å². The van der Waals surface area contributed by atoms with Gasteiger partial charge in [-0.15, -0.1) is 0 Å². The molecule has 0 saturated carbocycles. The van der Waals surface area contributed by atoms with Gasteiger partial charge in [0, 0.05) is 12.6 Å². The van der Waals surface area contributed by atoms with Crippen LogP contribution in [0.15, 0.2) is 47.7 Å². The molecule has 0 radical (unpaired) electrons. The van der Waals surface area contributed by atoms with Crippen LogP contribution in [0.2, 0.25) is 0 Å². The molecule has 120 valence electrons. The number of alkyl halides is 3. The molecule has 0 amide bonds. The summed E-state index contributed by atoms with van der Waals surface area (Å²) in [6.45, 7) is 2.98. The van der Waals surface area contributed by atoms with Gasteiger partial charge in [-0.05, 0) is 36.8 Å². The van der Waals surface area contributed by atoms with Crippen LogP contribution in [0.5, 0.6) is 0 Å². The summed E-state index contributed by atoms with van der Waals surface area (Å²) in [6, 6.07) is 7.86. The Labute approximate surface area is 132 Å². The fourth-order valence-corrected chi connectivity index (χ4v) is 2.53. The fourth-order valence-electron chi connectivity index (χ4n) is 2.53. The molecule has 6 heteroatoms. The number of nitriles is 1. The van der Waals surface area contributed by atoms with Gasteiger partial charge in [0.2, 0.25) is 0 Å². The van der Waals surface area contributed by atoms with Crippen molar-refractivity contribution in [2.24, 2.45) is 0 Å². The monoisotopic (exact) mass is 320 g/mol. The van der Waals surface area contributed by atoms with Gasteiger partial charge >= 0.3 is 6.18 Å². The Hall–Kier alpha value is -2.55. The number of allylic oxidation sites excluding steroid dienone is 3. The Morgan fingerprint density at radius 3 is 2.61 bits per heavy atom. The third kappa shape index (κ3) is 3.45. The number of rotatable bonds is 3. The second-order valence-electron chi connectivity index (χ2n) is 5.21. The van der Waals surface area contributed by atoms with Crippen molar-refractivity contribution < 1.29 is 18.0 Å². The Kier molecular flexibility index (Phi) is 4.60. The lowest BCUT2D eigenvalue weighted by Gasteiger charge is -2.36. The van der Waals surface area contributed by atoms with Crippen molar-refractivity contribution in [1.82, 2.24) is 0 Å². The summed E-state index contributed by atoms with van der Waals surface area (Å²) in [4.78, 5) is 13.5. The molecular weight excluding hydrogens is 305 g/mol. The minimum Gasteiger partial charge on any atom is -0.332 e. The third-order valence-corrected chi connectivity index (χ3v) is 3.62. The fraction of sp³-hybridized carbons (Fsp3) is 0.294. The van der Waals surface area contributed by atoms with E-state index >= 15 is 0 Å². The number of ketones is 1. The highest BCUT2D eigenvalue weighted by Gasteiger charge is 2.38. The van der Waals surface area contributed by atoms with Gasteiger partial charge in [-0.1, -0.05) is 13.0 Å². The first-order valence-corrected chi connectivity index (χ1v) is 7.09. The summed E-state index contributed by atoms with van der Waals surface area (Å²) in [7, 11) is 0. The van der Waals surface area contributed by atoms with Crippen LogP contribution in [0.1, 0.15) is 25.8 Å². The Bertz CT molecular complexity index is 726. The quantitative estimate of drug-likeness (QED) is 0.841. The van der Waals surface area contributed by atoms with E-state index in [2.05, 4.69) is 0 Å². The zero-order valence-corrected chi connectivity index (χ0v) is 12.7. The lowest BCUT2D eigenvalue weighted by atomic mass is 9.98. The highest BCUT2D eigenvalue weighted by atomic mass is 19.4. The van der Waals surface area contributed by atoms with Gasteiger partial charge in [-0.3, -0.25) is 4.79 Å². The number of halogens is 3. The van der Waals surface area contributed by atoms with Crippen molar-refractivity contribution in [1.29, 1.82) is 5.26 Å². The number of hydrogen-bond donors (Lipinski definition) is 0. The summed E-state index contributed by atoms with van der Waals surface area (Å²) in [5.41, 5.74) is 0.0599. The maximum Gasteiger partial charge on any atom is 0.416 e. The molecule has 3 nitrogen and oxygen atoms in total. The van der Waals surface area contributed by atoms with Gasteiger partial charge < -0.3 is 4.90 Å². The number of anilines is 1. The molecule has 0 fully saturated rings. The van der Waals surface area contributed by atoms with E-state index in [0.717, 1.165) is 12.2 Å². The summed E-state index contributed by atoms with van der Waals surface area (Å²) in [5.74, 6) is -0.458. The van der Waals surface area contributed by atoms with E-state index in [9.17, 15) is 18.0 Å². The third-order valence-electron chi connectivity index (χ3n) is 3.62. The largest absolute Gasteiger partial charge is 0.416 e. The smallest absolute Gasteiger partial charge is 0.332 e. The molecule has 1 aromatic carbocycles. The van der Waals surface area contributed by atoms with Crippen molar-refractivity contribution in [3.05, 3.63) is 53.3 Å². The molecule has 23 heavy (non-hydrogen) atoms. The predicted molar refractivity (Wildman–Crippen MR) is 80.6 cm³/mol. The van der Waals surface area contributed by atoms with E-state index in [0.29, 0.717) is 17.7 Å². The van der Waals surface area contributed by atoms with Gasteiger partial charge in [-0.2, -0.15) is 18.4 Å². The van der Waals surface area contributed by atoms with Crippen LogP contribution < -0.4 is 4.90 Å². The second kappa shape index (κ2) is 6.29. The van der Waals surface area contributed by atoms with Gasteiger partial charge in [0.05, 0.1) is 28.9 Å². The number of carbonyl (C=O) groups excluding carboxylic acids is 1. The van der Waals surface area contributed by atoms with E-state index in [-0.39, 0.29) is 5.70 Å². The van der Waals surface area contributed by atoms with Crippen LogP contribution in [0, 0.1) is 11.3 Å². The average Bonchev–Trinajstić information content (AvgIpc) is 2.52. The van der Waals surface area contributed by atoms with Crippen molar-refractivity contribution in [2.75, 3.05) is 4.90 Å². The van der Waals surface area contributed by atoms with Gasteiger partial charge in [-0.25, -0.2) is 0 Å². The average molecular weight is 320 g/mol. The molecule has 0 N–H and O–H groups in total. The van der Waals surface area contributed by atoms with Crippen LogP contribution in [0.3, 0.4) is 0 Å². The Morgan fingerprint density at radius 1 is 1.39 bits per heavy atom. The van der Waals surface area contributed by atoms with Crippen LogP contribution in [0.25, 0.3) is 0 Å². The Morgan fingerprint density at radius 2 is 2.09 bits per heavy atom. The lowest BCUT2D eigenvalue weighted by molar-refractivity contribution is -0.113. The van der Waals surface area contributed by atoms with E-state index in [4.69, 9.17) is 5.26 Å². The van der Waals surface area contributed by atoms with Crippen LogP contribution in [-0.2, 0) is 4.79 Å². The van der Waals surface area contributed by atoms with E-state index in [1.807, 2.05) is 6.07 Å². The predicted octanol–water partition coefficient (Wildman–Crippen LogP) is 4.12. The van der Waals surface area contributed by atoms with Gasteiger partial charge in [0.1, 0.15) is 0 Å². The molecule has 0 spiro atoms. The number of nitrogens with zero attached hydrogens (tertiary/aromatic N) is 2. The molecule has 0 saturated heterocycles. The molecule has 1 heterocycles. The minimum absolute atomic E-state index is 0.0261. The first-order valence-electron chi connectivity index (χ1n) is 7.09. The van der Waals surface area contributed by atoms with Gasteiger partial charge in [0.15, 0.2) is 5.78 Å². The van der Waals surface area contributed by atoms with Crippen molar-refractivity contribution in [2.45, 2.75) is 32.5 Å². The highest BCUT2D eigenvalue weighted by Crippen LogP contribution is 2.36. The summed E-state index contributed by atoms with van der Waals surface area (Å²) < 4.78 is 39.2. The molecule has 1 aliphatic heterocycles. The van der Waals surface area contributed by atoms with Crippen molar-refractivity contribution in [3.63, 3.8) is 0 Å². The van der Waals surface area contributed by atoms with E-state index in [1.54, 1.807) is 36.1 Å². The summed E-state index contributed by atoms with van der Waals surface area (Å²) in [6.07, 6.45) is -2.13. The van der Waals surface area contributed by atoms with Crippen LogP contribution >= 0.6 is 0 Å². The molecule has 1 atom stereocenters. The standard InChI is InChI=1S/C17H15F3N2O/c1-3-14-8-13(17(18,19)20)9-16(11(2)23)22(14)15-6-4-5-12(7-15)10-21/h4-9,14H,3H2,1-2H3. The topological polar surface area (TPSA) is 44.1 Å². The molecule has 1 unspecified atom stereocenters. The molecule has 2 rings (SSSR count). The zero-order chi connectivity index (χ0) is 17.2. The molecular formula is C17H15F3N2O. The van der Waals surface area contributed by atoms with Crippen molar-refractivity contribution in [3.8, 4) is 6.07 Å². The van der Waals surface area contributed by atoms with Crippen molar-refractivity contribution >= 4 is 11.5 Å². The van der Waals surface area contributed by atoms with Crippen LogP contribution in [0.4, 0.5) is 18.9 Å². The first kappa shape index (κ1) is 16.8. The molecule has 0 bridgehead atoms. The maximum atomic E-state index is 13.1. The number of benzene rings is 1. The summed E-state index contributed by atoms with van der Waals surface area (Å²) >= 11 is 0. The molecule has 1 aromatic rings. The van der Waals surface area contributed by atoms with E-state index in [1.165, 1.54) is 6.92 Å². The minimum atomic E-state index is -4.51.